The Morgan fingerprint density at radius 2 is 2.13 bits per heavy atom. The minimum atomic E-state index is -0.569. The van der Waals surface area contributed by atoms with Crippen LogP contribution >= 0.6 is 0 Å². The molecular weight excluding hydrogens is 384 g/mol. The fraction of sp³-hybridized carbons (Fsp3) is 0.636. The lowest BCUT2D eigenvalue weighted by molar-refractivity contribution is -0.146. The van der Waals surface area contributed by atoms with E-state index in [1.165, 1.54) is 0 Å². The maximum absolute atomic E-state index is 13.0. The van der Waals surface area contributed by atoms with Crippen molar-refractivity contribution in [3.05, 3.63) is 30.1 Å². The zero-order chi connectivity index (χ0) is 21.4. The van der Waals surface area contributed by atoms with Crippen molar-refractivity contribution in [2.45, 2.75) is 70.0 Å². The maximum Gasteiger partial charge on any atom is 0.308 e. The third-order valence-electron chi connectivity index (χ3n) is 5.93. The van der Waals surface area contributed by atoms with Crippen LogP contribution in [0.3, 0.4) is 0 Å². The highest BCUT2D eigenvalue weighted by molar-refractivity contribution is 5.89. The normalized spacial score (nSPS) is 21.5. The zero-order valence-electron chi connectivity index (χ0n) is 17.7. The van der Waals surface area contributed by atoms with Crippen molar-refractivity contribution in [1.82, 2.24) is 20.5 Å². The van der Waals surface area contributed by atoms with Crippen molar-refractivity contribution < 1.29 is 19.1 Å². The number of carbonyl (C=O) groups is 3. The van der Waals surface area contributed by atoms with E-state index < -0.39 is 11.6 Å². The molecule has 0 unspecified atom stereocenters. The monoisotopic (exact) mass is 416 g/mol. The predicted octanol–water partition coefficient (Wildman–Crippen LogP) is 1.54. The Labute approximate surface area is 177 Å². The number of aromatic nitrogens is 1. The molecule has 1 aliphatic heterocycles. The molecule has 1 saturated carbocycles. The molecule has 8 nitrogen and oxygen atoms in total. The van der Waals surface area contributed by atoms with E-state index in [2.05, 4.69) is 15.6 Å². The van der Waals surface area contributed by atoms with Crippen LogP contribution in [-0.2, 0) is 25.7 Å². The Kier molecular flexibility index (Phi) is 7.79. The summed E-state index contributed by atoms with van der Waals surface area (Å²) >= 11 is 0. The van der Waals surface area contributed by atoms with Gasteiger partial charge in [0.05, 0.1) is 31.0 Å². The summed E-state index contributed by atoms with van der Waals surface area (Å²) in [6.07, 6.45) is 8.30. The minimum Gasteiger partial charge on any atom is -0.466 e. The van der Waals surface area contributed by atoms with Crippen LogP contribution < -0.4 is 10.6 Å². The van der Waals surface area contributed by atoms with Crippen LogP contribution in [0.5, 0.6) is 0 Å². The van der Waals surface area contributed by atoms with Gasteiger partial charge in [-0.25, -0.2) is 0 Å². The summed E-state index contributed by atoms with van der Waals surface area (Å²) in [6, 6.07) is 3.29. The Morgan fingerprint density at radius 1 is 1.33 bits per heavy atom. The number of ether oxygens (including phenoxy) is 1. The highest BCUT2D eigenvalue weighted by Gasteiger charge is 2.38. The van der Waals surface area contributed by atoms with E-state index >= 15 is 0 Å². The minimum absolute atomic E-state index is 0.0661. The molecule has 1 atom stereocenters. The Morgan fingerprint density at radius 3 is 2.83 bits per heavy atom. The van der Waals surface area contributed by atoms with E-state index in [0.29, 0.717) is 26.2 Å². The quantitative estimate of drug-likeness (QED) is 0.624. The van der Waals surface area contributed by atoms with Crippen LogP contribution in [-0.4, -0.2) is 58.9 Å². The van der Waals surface area contributed by atoms with Gasteiger partial charge in [-0.05, 0) is 31.4 Å². The second-order valence-corrected chi connectivity index (χ2v) is 8.21. The SMILES string of the molecule is CCOC(=O)CC1(NC(=O)C[C@H]2C(=O)NCCN2Cc2cccnc2)CCCCC1. The van der Waals surface area contributed by atoms with Crippen molar-refractivity contribution in [3.63, 3.8) is 0 Å². The molecule has 3 rings (SSSR count). The van der Waals surface area contributed by atoms with Crippen molar-refractivity contribution in [3.8, 4) is 0 Å². The van der Waals surface area contributed by atoms with Crippen LogP contribution in [0.15, 0.2) is 24.5 Å². The van der Waals surface area contributed by atoms with Crippen molar-refractivity contribution in [1.29, 1.82) is 0 Å². The number of nitrogens with one attached hydrogen (secondary N) is 2. The number of pyridine rings is 1. The van der Waals surface area contributed by atoms with Crippen LogP contribution in [0, 0.1) is 0 Å². The molecule has 0 radical (unpaired) electrons. The Bertz CT molecular complexity index is 734. The predicted molar refractivity (Wildman–Crippen MR) is 111 cm³/mol. The number of piperazine rings is 1. The van der Waals surface area contributed by atoms with E-state index in [1.54, 1.807) is 19.3 Å². The molecule has 1 aromatic heterocycles. The van der Waals surface area contributed by atoms with Gasteiger partial charge in [0.15, 0.2) is 0 Å². The molecule has 0 aromatic carbocycles. The first-order valence-electron chi connectivity index (χ1n) is 10.9. The average Bonchev–Trinajstić information content (AvgIpc) is 2.72. The fourth-order valence-electron chi connectivity index (χ4n) is 4.48. The fourth-order valence-corrected chi connectivity index (χ4v) is 4.48. The number of hydrogen-bond acceptors (Lipinski definition) is 6. The molecule has 2 heterocycles. The highest BCUT2D eigenvalue weighted by Crippen LogP contribution is 2.32. The number of nitrogens with zero attached hydrogens (tertiary/aromatic N) is 2. The number of hydrogen-bond donors (Lipinski definition) is 2. The van der Waals surface area contributed by atoms with Crippen LogP contribution in [0.2, 0.25) is 0 Å². The van der Waals surface area contributed by atoms with E-state index in [4.69, 9.17) is 4.74 Å². The molecule has 0 spiro atoms. The number of esters is 1. The summed E-state index contributed by atoms with van der Waals surface area (Å²) in [5.41, 5.74) is 0.435. The lowest BCUT2D eigenvalue weighted by Crippen LogP contribution is -2.58. The molecule has 2 N–H and O–H groups in total. The van der Waals surface area contributed by atoms with Crippen molar-refractivity contribution in [2.75, 3.05) is 19.7 Å². The van der Waals surface area contributed by atoms with Gasteiger partial charge in [0.1, 0.15) is 0 Å². The molecule has 1 saturated heterocycles. The topological polar surface area (TPSA) is 101 Å². The second-order valence-electron chi connectivity index (χ2n) is 8.21. The van der Waals surface area contributed by atoms with E-state index in [-0.39, 0.29) is 30.6 Å². The molecule has 0 bridgehead atoms. The molecule has 1 aliphatic carbocycles. The molecular formula is C22H32N4O4. The van der Waals surface area contributed by atoms with Gasteiger partial charge < -0.3 is 15.4 Å². The second kappa shape index (κ2) is 10.5. The van der Waals surface area contributed by atoms with E-state index in [1.807, 2.05) is 17.0 Å². The first-order chi connectivity index (χ1) is 14.5. The van der Waals surface area contributed by atoms with Gasteiger partial charge in [-0.15, -0.1) is 0 Å². The molecule has 2 aliphatic rings. The summed E-state index contributed by atoms with van der Waals surface area (Å²) < 4.78 is 5.13. The summed E-state index contributed by atoms with van der Waals surface area (Å²) in [5.74, 6) is -0.615. The Hall–Kier alpha value is -2.48. The third-order valence-corrected chi connectivity index (χ3v) is 5.93. The standard InChI is InChI=1S/C22H32N4O4/c1-2-30-20(28)14-22(8-4-3-5-9-22)25-19(27)13-18-21(29)24-11-12-26(18)16-17-7-6-10-23-15-17/h6-7,10,15,18H,2-5,8-9,11-14,16H2,1H3,(H,24,29)(H,25,27)/t18-/m0/s1. The Balaban J connectivity index is 1.66. The first kappa shape index (κ1) is 22.2. The lowest BCUT2D eigenvalue weighted by atomic mass is 9.79. The molecule has 8 heteroatoms. The summed E-state index contributed by atoms with van der Waals surface area (Å²) in [5, 5.41) is 5.98. The van der Waals surface area contributed by atoms with Gasteiger partial charge in [-0.1, -0.05) is 25.3 Å². The number of rotatable bonds is 8. The summed E-state index contributed by atoms with van der Waals surface area (Å²) in [6.45, 7) is 3.90. The van der Waals surface area contributed by atoms with Gasteiger partial charge in [-0.3, -0.25) is 24.3 Å². The van der Waals surface area contributed by atoms with Crippen molar-refractivity contribution in [2.24, 2.45) is 0 Å². The van der Waals surface area contributed by atoms with Gasteiger partial charge in [-0.2, -0.15) is 0 Å². The van der Waals surface area contributed by atoms with Crippen molar-refractivity contribution >= 4 is 17.8 Å². The molecule has 1 aromatic rings. The van der Waals surface area contributed by atoms with E-state index in [9.17, 15) is 14.4 Å². The summed E-state index contributed by atoms with van der Waals surface area (Å²) in [4.78, 5) is 43.8. The van der Waals surface area contributed by atoms with Crippen LogP contribution in [0.25, 0.3) is 0 Å². The van der Waals surface area contributed by atoms with Gasteiger partial charge >= 0.3 is 5.97 Å². The first-order valence-corrected chi connectivity index (χ1v) is 10.9. The molecule has 30 heavy (non-hydrogen) atoms. The van der Waals surface area contributed by atoms with Crippen LogP contribution in [0.4, 0.5) is 0 Å². The zero-order valence-corrected chi connectivity index (χ0v) is 17.7. The smallest absolute Gasteiger partial charge is 0.308 e. The lowest BCUT2D eigenvalue weighted by Gasteiger charge is -2.39. The van der Waals surface area contributed by atoms with Gasteiger partial charge in [0, 0.05) is 32.0 Å². The average molecular weight is 417 g/mol. The van der Waals surface area contributed by atoms with E-state index in [0.717, 1.165) is 37.7 Å². The largest absolute Gasteiger partial charge is 0.466 e. The number of carbonyl (C=O) groups excluding carboxylic acids is 3. The number of amides is 2. The molecule has 2 amide bonds. The van der Waals surface area contributed by atoms with Crippen LogP contribution in [0.1, 0.15) is 57.4 Å². The van der Waals surface area contributed by atoms with Gasteiger partial charge in [0.2, 0.25) is 11.8 Å². The molecule has 164 valence electrons. The third kappa shape index (κ3) is 6.01. The van der Waals surface area contributed by atoms with Gasteiger partial charge in [0.25, 0.3) is 0 Å². The summed E-state index contributed by atoms with van der Waals surface area (Å²) in [7, 11) is 0. The molecule has 2 fully saturated rings. The highest BCUT2D eigenvalue weighted by atomic mass is 16.5. The maximum atomic E-state index is 13.0.